The van der Waals surface area contributed by atoms with Crippen LogP contribution < -0.4 is 0 Å². The minimum Gasteiger partial charge on any atom is -0.368 e. The summed E-state index contributed by atoms with van der Waals surface area (Å²) in [5.41, 5.74) is 0.543. The second-order valence-electron chi connectivity index (χ2n) is 7.76. The van der Waals surface area contributed by atoms with E-state index < -0.39 is 5.60 Å². The predicted octanol–water partition coefficient (Wildman–Crippen LogP) is 0.637. The smallest absolute Gasteiger partial charge is 0.265 e. The van der Waals surface area contributed by atoms with Gasteiger partial charge in [0.1, 0.15) is 11.6 Å². The molecule has 3 aliphatic rings. The Kier molecular flexibility index (Phi) is 5.06. The number of hydroxylamine groups is 2. The quantitative estimate of drug-likeness (QED) is 0.744. The average Bonchev–Trinajstić information content (AvgIpc) is 2.71. The lowest BCUT2D eigenvalue weighted by Crippen LogP contribution is -2.73. The number of likely N-dealkylation sites (tertiary alicyclic amines) is 1. The molecule has 148 valence electrons. The minimum absolute atomic E-state index is 0.0578. The van der Waals surface area contributed by atoms with Crippen LogP contribution in [-0.4, -0.2) is 84.8 Å². The zero-order valence-electron chi connectivity index (χ0n) is 16.0. The maximum absolute atomic E-state index is 12.7. The molecule has 28 heavy (non-hydrogen) atoms. The van der Waals surface area contributed by atoms with E-state index in [4.69, 9.17) is 14.8 Å². The largest absolute Gasteiger partial charge is 0.368 e. The number of morpholine rings is 1. The van der Waals surface area contributed by atoms with E-state index in [1.807, 2.05) is 11.9 Å². The highest BCUT2D eigenvalue weighted by Crippen LogP contribution is 2.32. The van der Waals surface area contributed by atoms with Crippen molar-refractivity contribution in [1.82, 2.24) is 14.9 Å². The van der Waals surface area contributed by atoms with E-state index in [1.165, 1.54) is 5.06 Å². The van der Waals surface area contributed by atoms with Gasteiger partial charge in [-0.25, -0.2) is 5.06 Å². The number of rotatable bonds is 2. The number of amides is 2. The fourth-order valence-corrected chi connectivity index (χ4v) is 4.08. The summed E-state index contributed by atoms with van der Waals surface area (Å²) in [4.78, 5) is 34.5. The van der Waals surface area contributed by atoms with Gasteiger partial charge in [-0.15, -0.1) is 0 Å². The summed E-state index contributed by atoms with van der Waals surface area (Å²) in [6.07, 6.45) is 1.93. The lowest BCUT2D eigenvalue weighted by Gasteiger charge is -2.55. The van der Waals surface area contributed by atoms with Crippen LogP contribution in [0.2, 0.25) is 0 Å². The van der Waals surface area contributed by atoms with Crippen LogP contribution >= 0.6 is 0 Å². The number of ether oxygens (including phenoxy) is 1. The minimum atomic E-state index is -0.434. The predicted molar refractivity (Wildman–Crippen MR) is 99.1 cm³/mol. The van der Waals surface area contributed by atoms with Crippen molar-refractivity contribution in [2.75, 3.05) is 46.4 Å². The second-order valence-corrected chi connectivity index (χ2v) is 7.76. The fourth-order valence-electron chi connectivity index (χ4n) is 4.08. The molecule has 0 aliphatic carbocycles. The van der Waals surface area contributed by atoms with Crippen molar-refractivity contribution in [1.29, 1.82) is 5.26 Å². The summed E-state index contributed by atoms with van der Waals surface area (Å²) in [7, 11) is 1.91. The summed E-state index contributed by atoms with van der Waals surface area (Å²) >= 11 is 0. The molecule has 3 saturated heterocycles. The highest BCUT2D eigenvalue weighted by atomic mass is 16.7. The van der Waals surface area contributed by atoms with Gasteiger partial charge in [0.25, 0.3) is 11.8 Å². The molecule has 0 N–H and O–H groups in total. The van der Waals surface area contributed by atoms with Crippen molar-refractivity contribution in [3.8, 4) is 6.07 Å². The Morgan fingerprint density at radius 2 is 2.07 bits per heavy atom. The van der Waals surface area contributed by atoms with E-state index in [0.29, 0.717) is 50.5 Å². The van der Waals surface area contributed by atoms with Gasteiger partial charge in [0.05, 0.1) is 37.9 Å². The first-order valence-corrected chi connectivity index (χ1v) is 9.59. The summed E-state index contributed by atoms with van der Waals surface area (Å²) in [5.74, 6) is -0.161. The second kappa shape index (κ2) is 7.51. The van der Waals surface area contributed by atoms with E-state index in [0.717, 1.165) is 12.8 Å². The van der Waals surface area contributed by atoms with Gasteiger partial charge in [-0.3, -0.25) is 19.3 Å². The van der Waals surface area contributed by atoms with Crippen LogP contribution in [0.4, 0.5) is 0 Å². The molecule has 0 saturated carbocycles. The normalized spacial score (nSPS) is 24.5. The number of hydrogen-bond donors (Lipinski definition) is 0. The van der Waals surface area contributed by atoms with Crippen molar-refractivity contribution in [3.05, 3.63) is 35.4 Å². The van der Waals surface area contributed by atoms with Gasteiger partial charge in [-0.05, 0) is 38.1 Å². The zero-order valence-corrected chi connectivity index (χ0v) is 16.0. The molecule has 8 heteroatoms. The van der Waals surface area contributed by atoms with Crippen LogP contribution in [0.3, 0.4) is 0 Å². The number of carbonyl (C=O) groups excluding carboxylic acids is 2. The monoisotopic (exact) mass is 384 g/mol. The van der Waals surface area contributed by atoms with Gasteiger partial charge in [0.15, 0.2) is 0 Å². The van der Waals surface area contributed by atoms with Gasteiger partial charge < -0.3 is 9.64 Å². The zero-order chi connectivity index (χ0) is 19.7. The third-order valence-electron chi connectivity index (χ3n) is 5.63. The Bertz CT molecular complexity index is 809. The van der Waals surface area contributed by atoms with Crippen LogP contribution in [0.25, 0.3) is 0 Å². The summed E-state index contributed by atoms with van der Waals surface area (Å²) < 4.78 is 6.07. The van der Waals surface area contributed by atoms with Crippen molar-refractivity contribution in [2.24, 2.45) is 0 Å². The maximum Gasteiger partial charge on any atom is 0.265 e. The first-order chi connectivity index (χ1) is 13.5. The van der Waals surface area contributed by atoms with Gasteiger partial charge >= 0.3 is 0 Å². The van der Waals surface area contributed by atoms with E-state index in [9.17, 15) is 9.59 Å². The third-order valence-corrected chi connectivity index (χ3v) is 5.63. The topological polar surface area (TPSA) is 86.1 Å². The van der Waals surface area contributed by atoms with Crippen LogP contribution in [0.15, 0.2) is 24.3 Å². The number of hydrogen-bond acceptors (Lipinski definition) is 6. The molecule has 1 spiro atoms. The van der Waals surface area contributed by atoms with Crippen molar-refractivity contribution in [2.45, 2.75) is 24.5 Å². The Morgan fingerprint density at radius 1 is 1.25 bits per heavy atom. The van der Waals surface area contributed by atoms with E-state index in [-0.39, 0.29) is 17.9 Å². The molecule has 0 unspecified atom stereocenters. The molecule has 1 aromatic rings. The van der Waals surface area contributed by atoms with Crippen molar-refractivity contribution >= 4 is 11.8 Å². The van der Waals surface area contributed by atoms with Gasteiger partial charge in [-0.2, -0.15) is 5.26 Å². The highest BCUT2D eigenvalue weighted by molar-refractivity contribution is 5.95. The van der Waals surface area contributed by atoms with E-state index in [2.05, 4.69) is 6.07 Å². The third kappa shape index (κ3) is 3.49. The molecular formula is C20H24N4O4. The number of nitrogens with zero attached hydrogens (tertiary/aromatic N) is 4. The lowest BCUT2D eigenvalue weighted by atomic mass is 9.89. The van der Waals surface area contributed by atoms with Crippen molar-refractivity contribution in [3.63, 3.8) is 0 Å². The van der Waals surface area contributed by atoms with Crippen molar-refractivity contribution < 1.29 is 19.2 Å². The number of carbonyl (C=O) groups is 2. The number of likely N-dealkylation sites (N-methyl/N-ethyl adjacent to an activating group) is 1. The standard InChI is InChI=1S/C20H24N4O4/c1-22-12-20(27-11-17(22)19(26)24-7-2-3-8-28-24)13-23(14-20)18(25)16-6-4-5-15(9-16)10-21/h4-6,9,17H,2-3,7-8,11-14H2,1H3/t17-/m1/s1. The molecule has 2 amide bonds. The molecule has 0 radical (unpaired) electrons. The number of nitriles is 1. The van der Waals surface area contributed by atoms with Gasteiger partial charge in [0, 0.05) is 18.7 Å². The molecule has 1 atom stereocenters. The van der Waals surface area contributed by atoms with E-state index >= 15 is 0 Å². The number of benzene rings is 1. The summed E-state index contributed by atoms with van der Waals surface area (Å²) in [5, 5.41) is 10.5. The lowest BCUT2D eigenvalue weighted by molar-refractivity contribution is -0.220. The molecule has 3 aliphatic heterocycles. The Labute approximate surface area is 164 Å². The molecule has 1 aromatic carbocycles. The first kappa shape index (κ1) is 18.9. The van der Waals surface area contributed by atoms with E-state index in [1.54, 1.807) is 29.2 Å². The van der Waals surface area contributed by atoms with Crippen LogP contribution in [-0.2, 0) is 14.4 Å². The Balaban J connectivity index is 1.34. The molecule has 0 bridgehead atoms. The SMILES string of the molecule is CN1CC2(CN(C(=O)c3cccc(C#N)c3)C2)OC[C@@H]1C(=O)N1CCCCO1. The fraction of sp³-hybridized carbons (Fsp3) is 0.550. The summed E-state index contributed by atoms with van der Waals surface area (Å²) in [6.45, 7) is 3.04. The molecule has 0 aromatic heterocycles. The van der Waals surface area contributed by atoms with Crippen LogP contribution in [0, 0.1) is 11.3 Å². The molecule has 3 heterocycles. The molecule has 8 nitrogen and oxygen atoms in total. The molecule has 4 rings (SSSR count). The van der Waals surface area contributed by atoms with Crippen LogP contribution in [0.1, 0.15) is 28.8 Å². The molecule has 3 fully saturated rings. The highest BCUT2D eigenvalue weighted by Gasteiger charge is 2.51. The molecular weight excluding hydrogens is 360 g/mol. The van der Waals surface area contributed by atoms with Gasteiger partial charge in [-0.1, -0.05) is 6.07 Å². The average molecular weight is 384 g/mol. The Hall–Kier alpha value is -2.47. The summed E-state index contributed by atoms with van der Waals surface area (Å²) in [6, 6.07) is 8.41. The van der Waals surface area contributed by atoms with Gasteiger partial charge in [0.2, 0.25) is 0 Å². The first-order valence-electron chi connectivity index (χ1n) is 9.59. The van der Waals surface area contributed by atoms with Crippen LogP contribution in [0.5, 0.6) is 0 Å². The maximum atomic E-state index is 12.7. The Morgan fingerprint density at radius 3 is 2.75 bits per heavy atom.